The van der Waals surface area contributed by atoms with Gasteiger partial charge in [-0.25, -0.2) is 5.01 Å². The Kier molecular flexibility index (Phi) is 6.51. The van der Waals surface area contributed by atoms with Gasteiger partial charge in [0.2, 0.25) is 6.79 Å². The van der Waals surface area contributed by atoms with E-state index in [1.807, 2.05) is 41.8 Å². The van der Waals surface area contributed by atoms with Gasteiger partial charge in [-0.1, -0.05) is 12.1 Å². The number of methoxy groups -OCH3 is 2. The number of ether oxygens (including phenoxy) is 4. The highest BCUT2D eigenvalue weighted by atomic mass is 32.1. The van der Waals surface area contributed by atoms with Crippen LogP contribution in [0.4, 0.5) is 0 Å². The van der Waals surface area contributed by atoms with Gasteiger partial charge >= 0.3 is 0 Å². The van der Waals surface area contributed by atoms with Crippen LogP contribution in [0.1, 0.15) is 33.3 Å². The van der Waals surface area contributed by atoms with E-state index >= 15 is 0 Å². The Morgan fingerprint density at radius 1 is 1.11 bits per heavy atom. The van der Waals surface area contributed by atoms with Crippen molar-refractivity contribution in [2.45, 2.75) is 12.5 Å². The minimum absolute atomic E-state index is 0.117. The standard InChI is InChI=1S/C26H25N3O6S/c1-28(26(31)24-5-4-10-36-24)14-25(30)29-20(16-6-9-21-23(11-16)35-15-34-21)13-19(27-29)18-8-7-17(32-2)12-22(18)33-3/h4-12,20H,13-15H2,1-3H3/t20-/m0/s1. The first-order chi connectivity index (χ1) is 17.5. The summed E-state index contributed by atoms with van der Waals surface area (Å²) in [5.74, 6) is 2.03. The molecule has 0 spiro atoms. The van der Waals surface area contributed by atoms with Gasteiger partial charge < -0.3 is 23.8 Å². The van der Waals surface area contributed by atoms with Crippen molar-refractivity contribution in [2.24, 2.45) is 5.10 Å². The Bertz CT molecular complexity index is 1320. The second kappa shape index (κ2) is 9.90. The maximum Gasteiger partial charge on any atom is 0.264 e. The molecule has 186 valence electrons. The van der Waals surface area contributed by atoms with E-state index < -0.39 is 0 Å². The fourth-order valence-corrected chi connectivity index (χ4v) is 4.97. The molecular weight excluding hydrogens is 482 g/mol. The lowest BCUT2D eigenvalue weighted by atomic mass is 9.97. The van der Waals surface area contributed by atoms with Crippen molar-refractivity contribution in [3.05, 3.63) is 69.9 Å². The minimum Gasteiger partial charge on any atom is -0.497 e. The third-order valence-corrected chi connectivity index (χ3v) is 6.98. The first-order valence-corrected chi connectivity index (χ1v) is 12.2. The number of benzene rings is 2. The van der Waals surface area contributed by atoms with Gasteiger partial charge in [-0.05, 0) is 41.3 Å². The molecule has 3 aromatic rings. The van der Waals surface area contributed by atoms with Crippen LogP contribution in [-0.2, 0) is 4.79 Å². The molecule has 0 bridgehead atoms. The Morgan fingerprint density at radius 2 is 1.94 bits per heavy atom. The molecular formula is C26H25N3O6S. The van der Waals surface area contributed by atoms with Crippen LogP contribution in [0.3, 0.4) is 0 Å². The van der Waals surface area contributed by atoms with E-state index in [-0.39, 0.29) is 31.2 Å². The van der Waals surface area contributed by atoms with Crippen molar-refractivity contribution < 1.29 is 28.5 Å². The Hall–Kier alpha value is -4.05. The number of rotatable bonds is 7. The number of nitrogens with zero attached hydrogens (tertiary/aromatic N) is 3. The summed E-state index contributed by atoms with van der Waals surface area (Å²) in [7, 11) is 4.78. The lowest BCUT2D eigenvalue weighted by Gasteiger charge is -2.25. The third-order valence-electron chi connectivity index (χ3n) is 6.12. The molecule has 0 fully saturated rings. The fraction of sp³-hybridized carbons (Fsp3) is 0.269. The molecule has 2 aliphatic rings. The largest absolute Gasteiger partial charge is 0.497 e. The molecule has 0 aliphatic carbocycles. The van der Waals surface area contributed by atoms with Gasteiger partial charge in [-0.15, -0.1) is 11.3 Å². The van der Waals surface area contributed by atoms with Gasteiger partial charge in [0.1, 0.15) is 18.0 Å². The Morgan fingerprint density at radius 3 is 2.69 bits per heavy atom. The Labute approximate surface area is 212 Å². The monoisotopic (exact) mass is 507 g/mol. The number of thiophene rings is 1. The van der Waals surface area contributed by atoms with Crippen LogP contribution < -0.4 is 18.9 Å². The normalized spacial score (nSPS) is 16.0. The van der Waals surface area contributed by atoms with Gasteiger partial charge in [0.15, 0.2) is 11.5 Å². The maximum absolute atomic E-state index is 13.5. The topological polar surface area (TPSA) is 89.9 Å². The van der Waals surface area contributed by atoms with Crippen LogP contribution in [-0.4, -0.2) is 62.0 Å². The molecule has 2 aliphatic heterocycles. The van der Waals surface area contributed by atoms with Gasteiger partial charge in [0, 0.05) is 25.1 Å². The average molecular weight is 508 g/mol. The molecule has 0 N–H and O–H groups in total. The summed E-state index contributed by atoms with van der Waals surface area (Å²) >= 11 is 1.34. The maximum atomic E-state index is 13.5. The van der Waals surface area contributed by atoms with Crippen molar-refractivity contribution in [1.82, 2.24) is 9.91 Å². The predicted octanol–water partition coefficient (Wildman–Crippen LogP) is 3.94. The molecule has 2 amide bonds. The predicted molar refractivity (Wildman–Crippen MR) is 134 cm³/mol. The second-order valence-electron chi connectivity index (χ2n) is 8.32. The van der Waals surface area contributed by atoms with Crippen LogP contribution in [0.2, 0.25) is 0 Å². The zero-order valence-electron chi connectivity index (χ0n) is 20.1. The van der Waals surface area contributed by atoms with E-state index in [9.17, 15) is 9.59 Å². The highest BCUT2D eigenvalue weighted by molar-refractivity contribution is 7.12. The number of hydrogen-bond donors (Lipinski definition) is 0. The molecule has 0 radical (unpaired) electrons. The molecule has 1 atom stereocenters. The third kappa shape index (κ3) is 4.47. The van der Waals surface area contributed by atoms with Crippen LogP contribution in [0, 0.1) is 0 Å². The molecule has 1 aromatic heterocycles. The highest BCUT2D eigenvalue weighted by Gasteiger charge is 2.35. The number of likely N-dealkylation sites (N-methyl/N-ethyl adjacent to an activating group) is 1. The van der Waals surface area contributed by atoms with E-state index in [1.54, 1.807) is 33.4 Å². The Balaban J connectivity index is 1.46. The zero-order valence-corrected chi connectivity index (χ0v) is 20.9. The summed E-state index contributed by atoms with van der Waals surface area (Å²) in [5.41, 5.74) is 2.31. The van der Waals surface area contributed by atoms with Crippen molar-refractivity contribution >= 4 is 28.9 Å². The number of amides is 2. The summed E-state index contributed by atoms with van der Waals surface area (Å²) in [4.78, 5) is 28.2. The quantitative estimate of drug-likeness (QED) is 0.481. The molecule has 0 saturated heterocycles. The van der Waals surface area contributed by atoms with Crippen molar-refractivity contribution in [3.63, 3.8) is 0 Å². The van der Waals surface area contributed by atoms with Gasteiger partial charge in [-0.2, -0.15) is 5.10 Å². The van der Waals surface area contributed by atoms with E-state index in [0.717, 1.165) is 11.1 Å². The molecule has 36 heavy (non-hydrogen) atoms. The fourth-order valence-electron chi connectivity index (χ4n) is 4.26. The average Bonchev–Trinajstić information content (AvgIpc) is 3.67. The van der Waals surface area contributed by atoms with Crippen molar-refractivity contribution in [2.75, 3.05) is 34.6 Å². The van der Waals surface area contributed by atoms with Gasteiger partial charge in [0.05, 0.1) is 30.9 Å². The first kappa shape index (κ1) is 23.7. The highest BCUT2D eigenvalue weighted by Crippen LogP contribution is 2.40. The lowest BCUT2D eigenvalue weighted by Crippen LogP contribution is -2.39. The smallest absolute Gasteiger partial charge is 0.264 e. The molecule has 10 heteroatoms. The summed E-state index contributed by atoms with van der Waals surface area (Å²) in [5, 5.41) is 8.01. The van der Waals surface area contributed by atoms with Crippen molar-refractivity contribution in [3.8, 4) is 23.0 Å². The molecule has 3 heterocycles. The SMILES string of the molecule is COc1ccc(C2=NN(C(=O)CN(C)C(=O)c3cccs3)[C@H](c3ccc4c(c3)OCO4)C2)c(OC)c1. The van der Waals surface area contributed by atoms with E-state index in [0.29, 0.717) is 40.0 Å². The van der Waals surface area contributed by atoms with Crippen LogP contribution >= 0.6 is 11.3 Å². The second-order valence-corrected chi connectivity index (χ2v) is 9.27. The number of hydrazone groups is 1. The number of carbonyl (C=O) groups excluding carboxylic acids is 2. The summed E-state index contributed by atoms with van der Waals surface area (Å²) < 4.78 is 21.9. The number of fused-ring (bicyclic) bond motifs is 1. The van der Waals surface area contributed by atoms with Crippen LogP contribution in [0.5, 0.6) is 23.0 Å². The minimum atomic E-state index is -0.390. The summed E-state index contributed by atoms with van der Waals surface area (Å²) in [6, 6.07) is 14.2. The number of hydrogen-bond acceptors (Lipinski definition) is 8. The van der Waals surface area contributed by atoms with Crippen LogP contribution in [0.15, 0.2) is 59.0 Å². The van der Waals surface area contributed by atoms with Gasteiger partial charge in [0.25, 0.3) is 11.8 Å². The molecule has 0 unspecified atom stereocenters. The van der Waals surface area contributed by atoms with E-state index in [2.05, 4.69) is 0 Å². The van der Waals surface area contributed by atoms with Gasteiger partial charge in [-0.3, -0.25) is 9.59 Å². The molecule has 5 rings (SSSR count). The molecule has 0 saturated carbocycles. The summed E-state index contributed by atoms with van der Waals surface area (Å²) in [6.07, 6.45) is 0.455. The first-order valence-electron chi connectivity index (χ1n) is 11.3. The summed E-state index contributed by atoms with van der Waals surface area (Å²) in [6.45, 7) is 0.0425. The van der Waals surface area contributed by atoms with Crippen LogP contribution in [0.25, 0.3) is 0 Å². The molecule has 9 nitrogen and oxygen atoms in total. The zero-order chi connectivity index (χ0) is 25.2. The van der Waals surface area contributed by atoms with E-state index in [1.165, 1.54) is 21.2 Å². The van der Waals surface area contributed by atoms with Crippen molar-refractivity contribution in [1.29, 1.82) is 0 Å². The number of carbonyl (C=O) groups is 2. The lowest BCUT2D eigenvalue weighted by molar-refractivity contribution is -0.133. The van der Waals surface area contributed by atoms with E-state index in [4.69, 9.17) is 24.0 Å². The molecule has 2 aromatic carbocycles.